The Balaban J connectivity index is 1.88. The number of ether oxygens (including phenoxy) is 1. The van der Waals surface area contributed by atoms with Gasteiger partial charge in [0.2, 0.25) is 5.91 Å². The van der Waals surface area contributed by atoms with Crippen molar-refractivity contribution in [1.82, 2.24) is 10.2 Å². The summed E-state index contributed by atoms with van der Waals surface area (Å²) in [6.07, 6.45) is 9.24. The van der Waals surface area contributed by atoms with Crippen LogP contribution in [0.3, 0.4) is 0 Å². The number of methoxy groups -OCH3 is 1. The van der Waals surface area contributed by atoms with Crippen molar-refractivity contribution in [3.63, 3.8) is 0 Å². The van der Waals surface area contributed by atoms with E-state index in [1.165, 1.54) is 26.2 Å². The summed E-state index contributed by atoms with van der Waals surface area (Å²) in [6.45, 7) is 2.08. The number of hydrogen-bond acceptors (Lipinski definition) is 5. The molecule has 0 aromatic heterocycles. The van der Waals surface area contributed by atoms with Gasteiger partial charge in [-0.2, -0.15) is 0 Å². The van der Waals surface area contributed by atoms with E-state index in [4.69, 9.17) is 16.3 Å². The van der Waals surface area contributed by atoms with Crippen molar-refractivity contribution in [3.05, 3.63) is 59.0 Å². The number of amidine groups is 1. The number of carbonyl (C=O) groups is 2. The van der Waals surface area contributed by atoms with Gasteiger partial charge in [0.1, 0.15) is 5.75 Å². The first-order valence-electron chi connectivity index (χ1n) is 7.84. The highest BCUT2D eigenvalue weighted by atomic mass is 35.5. The van der Waals surface area contributed by atoms with Crippen LogP contribution in [0.5, 0.6) is 5.75 Å². The maximum Gasteiger partial charge on any atom is 0.260 e. The molecule has 0 bridgehead atoms. The summed E-state index contributed by atoms with van der Waals surface area (Å²) in [7, 11) is 1.44. The molecule has 2 aliphatic heterocycles. The molecule has 0 atom stereocenters. The second-order valence-electron chi connectivity index (χ2n) is 5.58. The number of allylic oxidation sites excluding steroid dienone is 2. The van der Waals surface area contributed by atoms with Crippen molar-refractivity contribution in [2.75, 3.05) is 19.0 Å². The van der Waals surface area contributed by atoms with Crippen LogP contribution in [0.4, 0.5) is 5.69 Å². The van der Waals surface area contributed by atoms with Gasteiger partial charge in [0.25, 0.3) is 5.91 Å². The van der Waals surface area contributed by atoms with Gasteiger partial charge < -0.3 is 20.3 Å². The number of benzene rings is 1. The summed E-state index contributed by atoms with van der Waals surface area (Å²) in [4.78, 5) is 30.2. The van der Waals surface area contributed by atoms with E-state index in [1.54, 1.807) is 6.20 Å². The Labute approximate surface area is 155 Å². The van der Waals surface area contributed by atoms with Crippen molar-refractivity contribution in [3.8, 4) is 5.75 Å². The minimum atomic E-state index is -0.414. The second-order valence-corrected chi connectivity index (χ2v) is 5.98. The third kappa shape index (κ3) is 3.62. The van der Waals surface area contributed by atoms with Gasteiger partial charge in [0, 0.05) is 31.9 Å². The fourth-order valence-corrected chi connectivity index (χ4v) is 2.81. The maximum absolute atomic E-state index is 12.7. The minimum absolute atomic E-state index is 0.234. The number of amides is 2. The molecule has 8 heteroatoms. The second kappa shape index (κ2) is 7.45. The molecule has 0 fully saturated rings. The van der Waals surface area contributed by atoms with Gasteiger partial charge in [0.05, 0.1) is 29.1 Å². The van der Waals surface area contributed by atoms with E-state index < -0.39 is 5.91 Å². The van der Waals surface area contributed by atoms with Crippen LogP contribution in [-0.2, 0) is 4.79 Å². The van der Waals surface area contributed by atoms with Crippen molar-refractivity contribution in [2.24, 2.45) is 4.99 Å². The van der Waals surface area contributed by atoms with Gasteiger partial charge in [-0.1, -0.05) is 23.8 Å². The van der Waals surface area contributed by atoms with Gasteiger partial charge in [-0.15, -0.1) is 0 Å². The Morgan fingerprint density at radius 2 is 2.12 bits per heavy atom. The first-order chi connectivity index (χ1) is 12.5. The zero-order chi connectivity index (χ0) is 18.7. The first-order valence-corrected chi connectivity index (χ1v) is 8.22. The zero-order valence-electron chi connectivity index (χ0n) is 14.2. The number of aliphatic imine (C=N–C) groups is 1. The molecule has 2 heterocycles. The molecule has 1 aromatic carbocycles. The molecule has 0 saturated heterocycles. The van der Waals surface area contributed by atoms with Crippen molar-refractivity contribution in [1.29, 1.82) is 0 Å². The van der Waals surface area contributed by atoms with Crippen LogP contribution in [0.2, 0.25) is 5.02 Å². The van der Waals surface area contributed by atoms with E-state index in [-0.39, 0.29) is 22.2 Å². The van der Waals surface area contributed by atoms with E-state index in [2.05, 4.69) is 15.6 Å². The van der Waals surface area contributed by atoms with Crippen molar-refractivity contribution >= 4 is 34.9 Å². The average Bonchev–Trinajstić information content (AvgIpc) is 2.63. The van der Waals surface area contributed by atoms with E-state index in [0.29, 0.717) is 18.1 Å². The molecule has 0 radical (unpaired) electrons. The van der Waals surface area contributed by atoms with Gasteiger partial charge in [-0.25, -0.2) is 4.99 Å². The molecule has 0 spiro atoms. The molecule has 26 heavy (non-hydrogen) atoms. The number of fused-ring (bicyclic) bond motifs is 1. The van der Waals surface area contributed by atoms with Crippen LogP contribution in [0.1, 0.15) is 17.3 Å². The van der Waals surface area contributed by atoms with Crippen LogP contribution in [0.25, 0.3) is 0 Å². The molecule has 2 aliphatic rings. The molecule has 7 nitrogen and oxygen atoms in total. The van der Waals surface area contributed by atoms with Crippen LogP contribution in [0.15, 0.2) is 53.5 Å². The highest BCUT2D eigenvalue weighted by Gasteiger charge is 2.22. The predicted molar refractivity (Wildman–Crippen MR) is 100 cm³/mol. The van der Waals surface area contributed by atoms with Crippen LogP contribution >= 0.6 is 11.6 Å². The Hall–Kier alpha value is -3.06. The van der Waals surface area contributed by atoms with Gasteiger partial charge in [-0.05, 0) is 12.1 Å². The van der Waals surface area contributed by atoms with Crippen LogP contribution < -0.4 is 15.4 Å². The fraction of sp³-hybridized carbons (Fsp3) is 0.167. The van der Waals surface area contributed by atoms with E-state index >= 15 is 0 Å². The lowest BCUT2D eigenvalue weighted by atomic mass is 10.1. The van der Waals surface area contributed by atoms with E-state index in [9.17, 15) is 9.59 Å². The summed E-state index contributed by atoms with van der Waals surface area (Å²) in [6, 6.07) is 2.96. The Morgan fingerprint density at radius 1 is 1.31 bits per heavy atom. The van der Waals surface area contributed by atoms with Gasteiger partial charge >= 0.3 is 0 Å². The number of halogens is 1. The lowest BCUT2D eigenvalue weighted by molar-refractivity contribution is -0.114. The Morgan fingerprint density at radius 3 is 2.85 bits per heavy atom. The number of nitrogens with one attached hydrogen (secondary N) is 2. The maximum atomic E-state index is 12.7. The number of hydrogen-bond donors (Lipinski definition) is 2. The fourth-order valence-electron chi connectivity index (χ4n) is 2.59. The quantitative estimate of drug-likeness (QED) is 0.854. The van der Waals surface area contributed by atoms with Gasteiger partial charge in [-0.3, -0.25) is 9.59 Å². The summed E-state index contributed by atoms with van der Waals surface area (Å²) in [5, 5.41) is 5.61. The number of anilines is 1. The third-order valence-electron chi connectivity index (χ3n) is 3.77. The number of carbonyl (C=O) groups excluding carboxylic acids is 2. The normalized spacial score (nSPS) is 15.0. The highest BCUT2D eigenvalue weighted by molar-refractivity contribution is 6.34. The average molecular weight is 373 g/mol. The third-order valence-corrected chi connectivity index (χ3v) is 4.08. The molecule has 0 aliphatic carbocycles. The Bertz CT molecular complexity index is 887. The highest BCUT2D eigenvalue weighted by Crippen LogP contribution is 2.31. The van der Waals surface area contributed by atoms with E-state index in [1.807, 2.05) is 29.3 Å². The molecule has 134 valence electrons. The van der Waals surface area contributed by atoms with Crippen molar-refractivity contribution in [2.45, 2.75) is 6.92 Å². The summed E-state index contributed by atoms with van der Waals surface area (Å²) >= 11 is 6.18. The summed E-state index contributed by atoms with van der Waals surface area (Å²) in [5.74, 6) is 0.0393. The minimum Gasteiger partial charge on any atom is -0.496 e. The molecular weight excluding hydrogens is 356 g/mol. The zero-order valence-corrected chi connectivity index (χ0v) is 15.0. The van der Waals surface area contributed by atoms with Crippen LogP contribution in [-0.4, -0.2) is 36.2 Å². The summed E-state index contributed by atoms with van der Waals surface area (Å²) < 4.78 is 5.28. The number of rotatable bonds is 3. The summed E-state index contributed by atoms with van der Waals surface area (Å²) in [5.41, 5.74) is 1.41. The Kier molecular flexibility index (Phi) is 5.09. The molecule has 2 N–H and O–H groups in total. The first kappa shape index (κ1) is 17.8. The van der Waals surface area contributed by atoms with Crippen molar-refractivity contribution < 1.29 is 14.3 Å². The molecule has 0 unspecified atom stereocenters. The monoisotopic (exact) mass is 372 g/mol. The largest absolute Gasteiger partial charge is 0.496 e. The van der Waals surface area contributed by atoms with Crippen LogP contribution in [0, 0.1) is 0 Å². The SMILES string of the molecule is COc1cc(NC(C)=O)c(Cl)cc1C(=O)NC1=NC=CN2CC=CC=C12. The van der Waals surface area contributed by atoms with Gasteiger partial charge in [0.15, 0.2) is 5.84 Å². The number of nitrogens with zero attached hydrogens (tertiary/aromatic N) is 2. The standard InChI is InChI=1S/C18H17ClN4O3/c1-11(24)21-14-10-16(26-2)12(9-13(14)19)18(25)22-17-15-5-3-4-7-23(15)8-6-20-17/h3-6,8-10H,7H2,1-2H3,(H,21,24)(H,20,22,25). The van der Waals surface area contributed by atoms with E-state index in [0.717, 1.165) is 5.70 Å². The predicted octanol–water partition coefficient (Wildman–Crippen LogP) is 2.68. The lowest BCUT2D eigenvalue weighted by Crippen LogP contribution is -2.38. The molecule has 0 saturated carbocycles. The molecule has 2 amide bonds. The smallest absolute Gasteiger partial charge is 0.260 e. The molecular formula is C18H17ClN4O3. The topological polar surface area (TPSA) is 83.0 Å². The molecule has 1 aromatic rings. The lowest BCUT2D eigenvalue weighted by Gasteiger charge is -2.27. The molecule has 3 rings (SSSR count).